The average molecular weight is 386 g/mol. The second-order valence-electron chi connectivity index (χ2n) is 7.04. The number of hydrogen-bond donors (Lipinski definition) is 2. The molecule has 0 radical (unpaired) electrons. The molecule has 2 N–H and O–H groups in total. The zero-order valence-corrected chi connectivity index (χ0v) is 15.9. The molecule has 0 bridgehead atoms. The molecule has 1 aliphatic rings. The van der Waals surface area contributed by atoms with E-state index in [9.17, 15) is 13.5 Å². The molecule has 1 fully saturated rings. The molecule has 2 heterocycles. The van der Waals surface area contributed by atoms with Crippen molar-refractivity contribution in [3.05, 3.63) is 42.7 Å². The Morgan fingerprint density at radius 2 is 1.89 bits per heavy atom. The first-order valence-electron chi connectivity index (χ1n) is 9.00. The summed E-state index contributed by atoms with van der Waals surface area (Å²) in [6.45, 7) is 0. The topological polar surface area (TPSA) is 97.1 Å². The van der Waals surface area contributed by atoms with E-state index in [-0.39, 0.29) is 17.0 Å². The Hall–Kier alpha value is -2.45. The van der Waals surface area contributed by atoms with Crippen LogP contribution in [0.25, 0.3) is 16.7 Å². The largest absolute Gasteiger partial charge is 0.393 e. The van der Waals surface area contributed by atoms with Crippen LogP contribution in [-0.2, 0) is 9.84 Å². The third-order valence-corrected chi connectivity index (χ3v) is 6.12. The fraction of sp³-hybridized carbons (Fsp3) is 0.368. The molecule has 3 aromatic rings. The van der Waals surface area contributed by atoms with Crippen LogP contribution < -0.4 is 5.32 Å². The molecule has 4 rings (SSSR count). The number of benzene rings is 1. The van der Waals surface area contributed by atoms with Gasteiger partial charge in [-0.25, -0.2) is 13.4 Å². The van der Waals surface area contributed by atoms with Crippen LogP contribution in [0.5, 0.6) is 0 Å². The molecule has 142 valence electrons. The minimum absolute atomic E-state index is 0.212. The second-order valence-corrected chi connectivity index (χ2v) is 9.03. The maximum absolute atomic E-state index is 12.2. The van der Waals surface area contributed by atoms with Gasteiger partial charge in [-0.1, -0.05) is 18.2 Å². The molecule has 1 aliphatic carbocycles. The van der Waals surface area contributed by atoms with Gasteiger partial charge in [0.2, 0.25) is 5.95 Å². The minimum Gasteiger partial charge on any atom is -0.393 e. The molecule has 0 saturated heterocycles. The van der Waals surface area contributed by atoms with Crippen molar-refractivity contribution in [1.29, 1.82) is 0 Å². The van der Waals surface area contributed by atoms with Gasteiger partial charge >= 0.3 is 0 Å². The van der Waals surface area contributed by atoms with Crippen LogP contribution in [0.15, 0.2) is 47.6 Å². The maximum Gasteiger partial charge on any atom is 0.224 e. The molecule has 0 amide bonds. The highest BCUT2D eigenvalue weighted by Gasteiger charge is 2.21. The van der Waals surface area contributed by atoms with Gasteiger partial charge < -0.3 is 10.4 Å². The molecule has 8 heteroatoms. The van der Waals surface area contributed by atoms with E-state index in [1.807, 2.05) is 18.2 Å². The summed E-state index contributed by atoms with van der Waals surface area (Å²) in [6, 6.07) is 9.37. The summed E-state index contributed by atoms with van der Waals surface area (Å²) in [4.78, 5) is 9.17. The highest BCUT2D eigenvalue weighted by molar-refractivity contribution is 7.91. The normalized spacial score (nSPS) is 20.7. The Morgan fingerprint density at radius 1 is 1.15 bits per heavy atom. The van der Waals surface area contributed by atoms with Gasteiger partial charge in [0.15, 0.2) is 9.84 Å². The predicted molar refractivity (Wildman–Crippen MR) is 104 cm³/mol. The predicted octanol–water partition coefficient (Wildman–Crippen LogP) is 2.54. The lowest BCUT2D eigenvalue weighted by atomic mass is 9.93. The lowest BCUT2D eigenvalue weighted by Gasteiger charge is -2.26. The molecule has 1 saturated carbocycles. The van der Waals surface area contributed by atoms with Gasteiger partial charge in [-0.05, 0) is 37.8 Å². The fourth-order valence-corrected chi connectivity index (χ4v) is 4.46. The lowest BCUT2D eigenvalue weighted by molar-refractivity contribution is 0.126. The Balaban J connectivity index is 1.70. The van der Waals surface area contributed by atoms with Crippen LogP contribution in [-0.4, -0.2) is 46.5 Å². The molecule has 27 heavy (non-hydrogen) atoms. The number of aromatic nitrogens is 3. The molecule has 0 aliphatic heterocycles. The van der Waals surface area contributed by atoms with Crippen LogP contribution in [0, 0.1) is 0 Å². The van der Waals surface area contributed by atoms with Gasteiger partial charge in [-0.3, -0.25) is 4.57 Å². The smallest absolute Gasteiger partial charge is 0.224 e. The van der Waals surface area contributed by atoms with Crippen molar-refractivity contribution in [3.8, 4) is 5.82 Å². The molecule has 0 spiro atoms. The standard InChI is InChI=1S/C19H22N4O3S/c1-27(25,26)17-12-23(16-5-3-2-4-15(16)17)18-10-11-20-19(22-18)21-13-6-8-14(24)9-7-13/h2-5,10-14,24H,6-9H2,1H3,(H,20,21,22)/t13-,14-. The first-order valence-corrected chi connectivity index (χ1v) is 10.9. The van der Waals surface area contributed by atoms with Gasteiger partial charge in [-0.2, -0.15) is 4.98 Å². The van der Waals surface area contributed by atoms with Crippen molar-refractivity contribution in [2.45, 2.75) is 42.7 Å². The lowest BCUT2D eigenvalue weighted by Crippen LogP contribution is -2.29. The quantitative estimate of drug-likeness (QED) is 0.715. The van der Waals surface area contributed by atoms with Crippen molar-refractivity contribution in [1.82, 2.24) is 14.5 Å². The SMILES string of the molecule is CS(=O)(=O)c1cn(-c2ccnc(N[C@H]3CC[C@H](O)CC3)n2)c2ccccc12. The molecular formula is C19H22N4O3S. The van der Waals surface area contributed by atoms with Gasteiger partial charge in [0.1, 0.15) is 5.82 Å². The van der Waals surface area contributed by atoms with Gasteiger partial charge in [0, 0.05) is 30.1 Å². The summed E-state index contributed by atoms with van der Waals surface area (Å²) in [7, 11) is -3.36. The number of nitrogens with zero attached hydrogens (tertiary/aromatic N) is 3. The maximum atomic E-state index is 12.2. The van der Waals surface area contributed by atoms with E-state index in [1.165, 1.54) is 6.26 Å². The van der Waals surface area contributed by atoms with E-state index in [0.717, 1.165) is 31.2 Å². The van der Waals surface area contributed by atoms with E-state index >= 15 is 0 Å². The number of fused-ring (bicyclic) bond motifs is 1. The average Bonchev–Trinajstić information content (AvgIpc) is 3.04. The van der Waals surface area contributed by atoms with Gasteiger partial charge in [0.05, 0.1) is 16.5 Å². The molecule has 1 aromatic carbocycles. The summed E-state index contributed by atoms with van der Waals surface area (Å²) >= 11 is 0. The number of hydrogen-bond acceptors (Lipinski definition) is 6. The Kier molecular flexibility index (Phi) is 4.61. The van der Waals surface area contributed by atoms with E-state index < -0.39 is 9.84 Å². The number of aliphatic hydroxyl groups is 1. The van der Waals surface area contributed by atoms with Gasteiger partial charge in [-0.15, -0.1) is 0 Å². The van der Waals surface area contributed by atoms with Crippen LogP contribution >= 0.6 is 0 Å². The summed E-state index contributed by atoms with van der Waals surface area (Å²) < 4.78 is 26.1. The summed E-state index contributed by atoms with van der Waals surface area (Å²) in [5, 5.41) is 13.7. The van der Waals surface area contributed by atoms with Crippen LogP contribution in [0.1, 0.15) is 25.7 Å². The summed E-state index contributed by atoms with van der Waals surface area (Å²) in [5.41, 5.74) is 0.781. The van der Waals surface area contributed by atoms with E-state index in [4.69, 9.17) is 0 Å². The molecule has 2 aromatic heterocycles. The Labute approximate surface area is 158 Å². The minimum atomic E-state index is -3.36. The number of para-hydroxylation sites is 1. The fourth-order valence-electron chi connectivity index (χ4n) is 3.59. The van der Waals surface area contributed by atoms with E-state index in [1.54, 1.807) is 29.1 Å². The highest BCUT2D eigenvalue weighted by Crippen LogP contribution is 2.28. The second kappa shape index (κ2) is 6.94. The van der Waals surface area contributed by atoms with Crippen molar-refractivity contribution in [3.63, 3.8) is 0 Å². The highest BCUT2D eigenvalue weighted by atomic mass is 32.2. The number of sulfone groups is 1. The Morgan fingerprint density at radius 3 is 2.63 bits per heavy atom. The van der Waals surface area contributed by atoms with Crippen molar-refractivity contribution in [2.24, 2.45) is 0 Å². The monoisotopic (exact) mass is 386 g/mol. The first-order chi connectivity index (χ1) is 12.9. The molecule has 0 unspecified atom stereocenters. The number of aliphatic hydroxyl groups excluding tert-OH is 1. The number of rotatable bonds is 4. The molecule has 7 nitrogen and oxygen atoms in total. The summed E-state index contributed by atoms with van der Waals surface area (Å²) in [6.07, 6.45) is 7.58. The Bertz CT molecular complexity index is 1070. The first kappa shape index (κ1) is 17.9. The molecular weight excluding hydrogens is 364 g/mol. The van der Waals surface area contributed by atoms with Crippen molar-refractivity contribution in [2.75, 3.05) is 11.6 Å². The van der Waals surface area contributed by atoms with Crippen molar-refractivity contribution >= 4 is 26.7 Å². The number of anilines is 1. The van der Waals surface area contributed by atoms with Gasteiger partial charge in [0.25, 0.3) is 0 Å². The third-order valence-electron chi connectivity index (χ3n) is 4.99. The zero-order valence-electron chi connectivity index (χ0n) is 15.0. The third kappa shape index (κ3) is 3.68. The van der Waals surface area contributed by atoms with Crippen LogP contribution in [0.4, 0.5) is 5.95 Å². The van der Waals surface area contributed by atoms with Crippen LogP contribution in [0.3, 0.4) is 0 Å². The zero-order chi connectivity index (χ0) is 19.0. The van der Waals surface area contributed by atoms with Crippen LogP contribution in [0.2, 0.25) is 0 Å². The van der Waals surface area contributed by atoms with E-state index in [2.05, 4.69) is 15.3 Å². The van der Waals surface area contributed by atoms with E-state index in [0.29, 0.717) is 17.2 Å². The molecule has 0 atom stereocenters. The van der Waals surface area contributed by atoms with Crippen molar-refractivity contribution < 1.29 is 13.5 Å². The number of nitrogens with one attached hydrogen (secondary N) is 1. The summed E-state index contributed by atoms with van der Waals surface area (Å²) in [5.74, 6) is 1.11.